The molecule has 2 aromatic carbocycles. The van der Waals surface area contributed by atoms with Crippen molar-refractivity contribution < 1.29 is 13.3 Å². The topological polar surface area (TPSA) is 64.9 Å². The first kappa shape index (κ1) is 12.3. The Kier molecular flexibility index (Phi) is 2.90. The third-order valence-corrected chi connectivity index (χ3v) is 2.73. The van der Waals surface area contributed by atoms with Crippen LogP contribution in [0.15, 0.2) is 47.0 Å². The van der Waals surface area contributed by atoms with Crippen LogP contribution in [0, 0.1) is 11.6 Å². The standard InChI is InChI=1S/C14H9F2N3O/c15-9-4-5-11(12(16)7-9)14-18-13(19-20-14)8-2-1-3-10(17)6-8/h1-7H,17H2. The van der Waals surface area contributed by atoms with E-state index in [-0.39, 0.29) is 17.3 Å². The van der Waals surface area contributed by atoms with Crippen molar-refractivity contribution in [1.82, 2.24) is 10.1 Å². The molecule has 100 valence electrons. The lowest BCUT2D eigenvalue weighted by atomic mass is 10.2. The van der Waals surface area contributed by atoms with E-state index >= 15 is 0 Å². The summed E-state index contributed by atoms with van der Waals surface area (Å²) in [6.07, 6.45) is 0. The molecule has 2 N–H and O–H groups in total. The number of hydrogen-bond acceptors (Lipinski definition) is 4. The molecule has 0 atom stereocenters. The minimum atomic E-state index is -0.757. The smallest absolute Gasteiger partial charge is 0.261 e. The normalized spacial score (nSPS) is 10.7. The number of hydrogen-bond donors (Lipinski definition) is 1. The van der Waals surface area contributed by atoms with Crippen LogP contribution in [0.4, 0.5) is 14.5 Å². The molecule has 0 unspecified atom stereocenters. The van der Waals surface area contributed by atoms with Gasteiger partial charge in [0, 0.05) is 17.3 Å². The first-order chi connectivity index (χ1) is 9.63. The van der Waals surface area contributed by atoms with Crippen LogP contribution in [0.2, 0.25) is 0 Å². The highest BCUT2D eigenvalue weighted by molar-refractivity contribution is 5.63. The maximum Gasteiger partial charge on any atom is 0.261 e. The molecule has 0 saturated heterocycles. The third kappa shape index (κ3) is 2.23. The maximum atomic E-state index is 13.6. The van der Waals surface area contributed by atoms with Crippen LogP contribution in [-0.4, -0.2) is 10.1 Å². The lowest BCUT2D eigenvalue weighted by molar-refractivity contribution is 0.429. The summed E-state index contributed by atoms with van der Waals surface area (Å²) in [5, 5.41) is 3.77. The number of rotatable bonds is 2. The van der Waals surface area contributed by atoms with Gasteiger partial charge in [-0.3, -0.25) is 0 Å². The fourth-order valence-corrected chi connectivity index (χ4v) is 1.79. The Morgan fingerprint density at radius 1 is 1.05 bits per heavy atom. The minimum Gasteiger partial charge on any atom is -0.399 e. The lowest BCUT2D eigenvalue weighted by Crippen LogP contribution is -1.88. The SMILES string of the molecule is Nc1cccc(-c2noc(-c3ccc(F)cc3F)n2)c1. The summed E-state index contributed by atoms with van der Waals surface area (Å²) < 4.78 is 31.5. The molecule has 1 aromatic heterocycles. The van der Waals surface area contributed by atoms with Gasteiger partial charge < -0.3 is 10.3 Å². The minimum absolute atomic E-state index is 0.0140. The van der Waals surface area contributed by atoms with E-state index < -0.39 is 11.6 Å². The van der Waals surface area contributed by atoms with E-state index in [4.69, 9.17) is 10.3 Å². The van der Waals surface area contributed by atoms with Crippen LogP contribution in [0.3, 0.4) is 0 Å². The zero-order valence-corrected chi connectivity index (χ0v) is 10.2. The van der Waals surface area contributed by atoms with Crippen LogP contribution >= 0.6 is 0 Å². The molecule has 3 rings (SSSR count). The summed E-state index contributed by atoms with van der Waals surface area (Å²) in [6, 6.07) is 10.1. The van der Waals surface area contributed by atoms with Gasteiger partial charge in [-0.15, -0.1) is 0 Å². The Bertz CT molecular complexity index is 771. The Labute approximate surface area is 112 Å². The van der Waals surface area contributed by atoms with Gasteiger partial charge in [0.15, 0.2) is 0 Å². The Balaban J connectivity index is 2.02. The van der Waals surface area contributed by atoms with E-state index in [1.807, 2.05) is 0 Å². The van der Waals surface area contributed by atoms with E-state index in [2.05, 4.69) is 10.1 Å². The second-order valence-electron chi connectivity index (χ2n) is 4.17. The molecule has 0 amide bonds. The predicted molar refractivity (Wildman–Crippen MR) is 69.5 cm³/mol. The van der Waals surface area contributed by atoms with Crippen molar-refractivity contribution in [1.29, 1.82) is 0 Å². The molecular weight excluding hydrogens is 264 g/mol. The molecule has 1 heterocycles. The number of nitrogens with two attached hydrogens (primary N) is 1. The zero-order chi connectivity index (χ0) is 14.1. The summed E-state index contributed by atoms with van der Waals surface area (Å²) >= 11 is 0. The van der Waals surface area contributed by atoms with Gasteiger partial charge in [-0.25, -0.2) is 8.78 Å². The van der Waals surface area contributed by atoms with Gasteiger partial charge in [0.2, 0.25) is 5.82 Å². The summed E-state index contributed by atoms with van der Waals surface area (Å²) in [5.41, 5.74) is 6.93. The number of nitrogen functional groups attached to an aromatic ring is 1. The van der Waals surface area contributed by atoms with Crippen LogP contribution in [-0.2, 0) is 0 Å². The van der Waals surface area contributed by atoms with Crippen LogP contribution in [0.25, 0.3) is 22.8 Å². The first-order valence-electron chi connectivity index (χ1n) is 5.78. The van der Waals surface area contributed by atoms with Crippen molar-refractivity contribution in [3.05, 3.63) is 54.1 Å². The van der Waals surface area contributed by atoms with Gasteiger partial charge in [0.25, 0.3) is 5.89 Å². The molecule has 0 radical (unpaired) electrons. The fraction of sp³-hybridized carbons (Fsp3) is 0. The Morgan fingerprint density at radius 2 is 1.90 bits per heavy atom. The van der Waals surface area contributed by atoms with Crippen LogP contribution in [0.5, 0.6) is 0 Å². The number of benzene rings is 2. The molecule has 4 nitrogen and oxygen atoms in total. The number of halogens is 2. The van der Waals surface area contributed by atoms with E-state index in [1.54, 1.807) is 24.3 Å². The van der Waals surface area contributed by atoms with Gasteiger partial charge in [-0.1, -0.05) is 17.3 Å². The third-order valence-electron chi connectivity index (χ3n) is 2.73. The summed E-state index contributed by atoms with van der Waals surface area (Å²) in [5.74, 6) is -1.15. The highest BCUT2D eigenvalue weighted by Crippen LogP contribution is 2.25. The van der Waals surface area contributed by atoms with Crippen molar-refractivity contribution in [3.8, 4) is 22.8 Å². The quantitative estimate of drug-likeness (QED) is 0.728. The highest BCUT2D eigenvalue weighted by atomic mass is 19.1. The molecule has 0 aliphatic carbocycles. The van der Waals surface area contributed by atoms with E-state index in [0.717, 1.165) is 12.1 Å². The molecule has 3 aromatic rings. The van der Waals surface area contributed by atoms with Gasteiger partial charge in [-0.05, 0) is 24.3 Å². The fourth-order valence-electron chi connectivity index (χ4n) is 1.79. The average Bonchev–Trinajstić information content (AvgIpc) is 2.88. The molecule has 0 aliphatic rings. The van der Waals surface area contributed by atoms with Crippen LogP contribution < -0.4 is 5.73 Å². The van der Waals surface area contributed by atoms with Crippen molar-refractivity contribution >= 4 is 5.69 Å². The van der Waals surface area contributed by atoms with Gasteiger partial charge in [0.05, 0.1) is 5.56 Å². The zero-order valence-electron chi connectivity index (χ0n) is 10.2. The predicted octanol–water partition coefficient (Wildman–Crippen LogP) is 3.26. The summed E-state index contributed by atoms with van der Waals surface area (Å²) in [6.45, 7) is 0. The van der Waals surface area contributed by atoms with E-state index in [9.17, 15) is 8.78 Å². The molecule has 0 bridgehead atoms. The van der Waals surface area contributed by atoms with Crippen LogP contribution in [0.1, 0.15) is 0 Å². The van der Waals surface area contributed by atoms with Crippen molar-refractivity contribution in [2.24, 2.45) is 0 Å². The van der Waals surface area contributed by atoms with Gasteiger partial charge >= 0.3 is 0 Å². The number of nitrogens with zero attached hydrogens (tertiary/aromatic N) is 2. The van der Waals surface area contributed by atoms with Gasteiger partial charge in [0.1, 0.15) is 11.6 Å². The van der Waals surface area contributed by atoms with E-state index in [1.165, 1.54) is 6.07 Å². The van der Waals surface area contributed by atoms with E-state index in [0.29, 0.717) is 11.3 Å². The Hall–Kier alpha value is -2.76. The molecular formula is C14H9F2N3O. The molecule has 0 spiro atoms. The molecule has 20 heavy (non-hydrogen) atoms. The number of anilines is 1. The monoisotopic (exact) mass is 273 g/mol. The second-order valence-corrected chi connectivity index (χ2v) is 4.17. The lowest BCUT2D eigenvalue weighted by Gasteiger charge is -1.97. The van der Waals surface area contributed by atoms with Crippen molar-refractivity contribution in [2.75, 3.05) is 5.73 Å². The number of aromatic nitrogens is 2. The van der Waals surface area contributed by atoms with Gasteiger partial charge in [-0.2, -0.15) is 4.98 Å². The molecule has 0 aliphatic heterocycles. The molecule has 0 fully saturated rings. The second kappa shape index (κ2) is 4.73. The maximum absolute atomic E-state index is 13.6. The Morgan fingerprint density at radius 3 is 2.65 bits per heavy atom. The first-order valence-corrected chi connectivity index (χ1v) is 5.78. The average molecular weight is 273 g/mol. The molecule has 0 saturated carbocycles. The molecule has 6 heteroatoms. The van der Waals surface area contributed by atoms with Crippen molar-refractivity contribution in [3.63, 3.8) is 0 Å². The summed E-state index contributed by atoms with van der Waals surface area (Å²) in [7, 11) is 0. The van der Waals surface area contributed by atoms with Crippen molar-refractivity contribution in [2.45, 2.75) is 0 Å². The highest BCUT2D eigenvalue weighted by Gasteiger charge is 2.14. The largest absolute Gasteiger partial charge is 0.399 e. The summed E-state index contributed by atoms with van der Waals surface area (Å²) in [4.78, 5) is 4.09.